The number of benzene rings is 1. The average molecular weight is 293 g/mol. The van der Waals surface area contributed by atoms with Crippen LogP contribution in [0.5, 0.6) is 11.5 Å². The minimum atomic E-state index is 0.0558. The van der Waals surface area contributed by atoms with E-state index in [2.05, 4.69) is 5.32 Å². The minimum absolute atomic E-state index is 0.0558. The molecule has 4 nitrogen and oxygen atoms in total. The van der Waals surface area contributed by atoms with Crippen LogP contribution in [0.2, 0.25) is 0 Å². The molecule has 0 aliphatic heterocycles. The molecule has 4 heteroatoms. The summed E-state index contributed by atoms with van der Waals surface area (Å²) in [7, 11) is 0. The largest absolute Gasteiger partial charge is 0.508 e. The predicted molar refractivity (Wildman–Crippen MR) is 83.6 cm³/mol. The summed E-state index contributed by atoms with van der Waals surface area (Å²) in [6.07, 6.45) is 7.84. The molecule has 1 atom stereocenters. The van der Waals surface area contributed by atoms with E-state index in [1.165, 1.54) is 38.2 Å². The lowest BCUT2D eigenvalue weighted by Gasteiger charge is -2.22. The zero-order valence-corrected chi connectivity index (χ0v) is 12.8. The second-order valence-electron chi connectivity index (χ2n) is 5.90. The molecule has 3 N–H and O–H groups in total. The fraction of sp³-hybridized carbons (Fsp3) is 0.647. The molecule has 21 heavy (non-hydrogen) atoms. The van der Waals surface area contributed by atoms with E-state index in [0.29, 0.717) is 6.10 Å². The van der Waals surface area contributed by atoms with Crippen molar-refractivity contribution < 1.29 is 14.9 Å². The van der Waals surface area contributed by atoms with Crippen LogP contribution in [-0.4, -0.2) is 29.5 Å². The van der Waals surface area contributed by atoms with Crippen LogP contribution >= 0.6 is 0 Å². The molecule has 1 aliphatic rings. The summed E-state index contributed by atoms with van der Waals surface area (Å²) in [6, 6.07) is 4.78. The molecule has 2 rings (SSSR count). The van der Waals surface area contributed by atoms with Gasteiger partial charge < -0.3 is 20.3 Å². The number of rotatable bonds is 7. The normalized spacial score (nSPS) is 17.8. The van der Waals surface area contributed by atoms with Gasteiger partial charge in [-0.15, -0.1) is 0 Å². The van der Waals surface area contributed by atoms with Crippen LogP contribution in [0.1, 0.15) is 57.1 Å². The molecule has 0 heterocycles. The summed E-state index contributed by atoms with van der Waals surface area (Å²) in [5.74, 6) is 0.220. The van der Waals surface area contributed by atoms with Gasteiger partial charge in [0.25, 0.3) is 0 Å². The molecule has 1 fully saturated rings. The Morgan fingerprint density at radius 3 is 2.71 bits per heavy atom. The van der Waals surface area contributed by atoms with Gasteiger partial charge in [0.05, 0.1) is 6.10 Å². The van der Waals surface area contributed by atoms with E-state index in [9.17, 15) is 10.2 Å². The summed E-state index contributed by atoms with van der Waals surface area (Å²) in [5.41, 5.74) is 0.806. The Labute approximate surface area is 127 Å². The van der Waals surface area contributed by atoms with Crippen LogP contribution in [-0.2, 0) is 4.74 Å². The molecule has 0 amide bonds. The number of hydrogen-bond donors (Lipinski definition) is 3. The van der Waals surface area contributed by atoms with Crippen molar-refractivity contribution in [1.82, 2.24) is 5.32 Å². The van der Waals surface area contributed by atoms with Gasteiger partial charge in [-0.1, -0.05) is 25.3 Å². The van der Waals surface area contributed by atoms with Crippen molar-refractivity contribution in [3.8, 4) is 11.5 Å². The SMILES string of the molecule is CC(NCCCOC1CCCCC1)c1ccc(O)cc1O. The van der Waals surface area contributed by atoms with Crippen molar-refractivity contribution in [2.24, 2.45) is 0 Å². The molecule has 1 aromatic carbocycles. The monoisotopic (exact) mass is 293 g/mol. The van der Waals surface area contributed by atoms with Crippen molar-refractivity contribution in [3.05, 3.63) is 23.8 Å². The fourth-order valence-electron chi connectivity index (χ4n) is 2.88. The van der Waals surface area contributed by atoms with E-state index in [-0.39, 0.29) is 17.5 Å². The van der Waals surface area contributed by atoms with E-state index in [1.807, 2.05) is 6.92 Å². The maximum Gasteiger partial charge on any atom is 0.124 e. The van der Waals surface area contributed by atoms with Crippen LogP contribution in [0.3, 0.4) is 0 Å². The van der Waals surface area contributed by atoms with Gasteiger partial charge in [0, 0.05) is 24.3 Å². The van der Waals surface area contributed by atoms with Gasteiger partial charge in [-0.05, 0) is 38.8 Å². The molecular formula is C17H27NO3. The molecule has 1 unspecified atom stereocenters. The average Bonchev–Trinajstić information content (AvgIpc) is 2.47. The molecular weight excluding hydrogens is 266 g/mol. The highest BCUT2D eigenvalue weighted by Crippen LogP contribution is 2.27. The van der Waals surface area contributed by atoms with E-state index in [0.717, 1.165) is 25.1 Å². The van der Waals surface area contributed by atoms with Gasteiger partial charge in [0.2, 0.25) is 0 Å². The van der Waals surface area contributed by atoms with Gasteiger partial charge in [-0.2, -0.15) is 0 Å². The maximum absolute atomic E-state index is 9.81. The Balaban J connectivity index is 1.63. The first-order valence-electron chi connectivity index (χ1n) is 8.03. The first kappa shape index (κ1) is 16.1. The molecule has 0 bridgehead atoms. The maximum atomic E-state index is 9.81. The first-order chi connectivity index (χ1) is 10.2. The first-order valence-corrected chi connectivity index (χ1v) is 8.03. The zero-order valence-electron chi connectivity index (χ0n) is 12.8. The molecule has 1 saturated carbocycles. The fourth-order valence-corrected chi connectivity index (χ4v) is 2.88. The molecule has 0 radical (unpaired) electrons. The third-order valence-corrected chi connectivity index (χ3v) is 4.16. The highest BCUT2D eigenvalue weighted by molar-refractivity contribution is 5.40. The number of ether oxygens (including phenoxy) is 1. The summed E-state index contributed by atoms with van der Waals surface area (Å²) in [4.78, 5) is 0. The topological polar surface area (TPSA) is 61.7 Å². The third-order valence-electron chi connectivity index (χ3n) is 4.16. The number of phenols is 2. The Kier molecular flexibility index (Phi) is 6.33. The second-order valence-corrected chi connectivity index (χ2v) is 5.90. The van der Waals surface area contributed by atoms with Gasteiger partial charge in [-0.25, -0.2) is 0 Å². The smallest absolute Gasteiger partial charge is 0.124 e. The highest BCUT2D eigenvalue weighted by atomic mass is 16.5. The van der Waals surface area contributed by atoms with Gasteiger partial charge >= 0.3 is 0 Å². The lowest BCUT2D eigenvalue weighted by atomic mass is 9.98. The van der Waals surface area contributed by atoms with E-state index >= 15 is 0 Å². The number of phenolic OH excluding ortho intramolecular Hbond substituents is 2. The van der Waals surface area contributed by atoms with E-state index in [4.69, 9.17) is 4.74 Å². The molecule has 0 saturated heterocycles. The van der Waals surface area contributed by atoms with E-state index < -0.39 is 0 Å². The molecule has 0 spiro atoms. The van der Waals surface area contributed by atoms with Crippen LogP contribution in [0.25, 0.3) is 0 Å². The zero-order chi connectivity index (χ0) is 15.1. The third kappa shape index (κ3) is 5.21. The summed E-state index contributed by atoms with van der Waals surface area (Å²) >= 11 is 0. The lowest BCUT2D eigenvalue weighted by molar-refractivity contribution is 0.0271. The predicted octanol–water partition coefficient (Wildman–Crippen LogP) is 3.49. The van der Waals surface area contributed by atoms with Crippen molar-refractivity contribution in [2.45, 2.75) is 57.6 Å². The number of hydrogen-bond acceptors (Lipinski definition) is 4. The van der Waals surface area contributed by atoms with Crippen LogP contribution in [0.15, 0.2) is 18.2 Å². The Morgan fingerprint density at radius 1 is 1.24 bits per heavy atom. The Hall–Kier alpha value is -1.26. The minimum Gasteiger partial charge on any atom is -0.508 e. The standard InChI is InChI=1S/C17H27NO3/c1-13(16-9-8-14(19)12-17(16)20)18-10-5-11-21-15-6-3-2-4-7-15/h8-9,12-13,15,18-20H,2-7,10-11H2,1H3. The summed E-state index contributed by atoms with van der Waals surface area (Å²) in [5, 5.41) is 22.5. The van der Waals surface area contributed by atoms with Crippen molar-refractivity contribution in [3.63, 3.8) is 0 Å². The van der Waals surface area contributed by atoms with Gasteiger partial charge in [-0.3, -0.25) is 0 Å². The number of nitrogens with one attached hydrogen (secondary N) is 1. The molecule has 0 aromatic heterocycles. The van der Waals surface area contributed by atoms with Crippen LogP contribution in [0, 0.1) is 0 Å². The lowest BCUT2D eigenvalue weighted by Crippen LogP contribution is -2.23. The van der Waals surface area contributed by atoms with Crippen LogP contribution in [0.4, 0.5) is 0 Å². The van der Waals surface area contributed by atoms with Crippen molar-refractivity contribution in [2.75, 3.05) is 13.2 Å². The van der Waals surface area contributed by atoms with E-state index in [1.54, 1.807) is 12.1 Å². The molecule has 1 aromatic rings. The van der Waals surface area contributed by atoms with Gasteiger partial charge in [0.15, 0.2) is 0 Å². The Bertz CT molecular complexity index is 430. The van der Waals surface area contributed by atoms with Crippen LogP contribution < -0.4 is 5.32 Å². The second kappa shape index (κ2) is 8.25. The summed E-state index contributed by atoms with van der Waals surface area (Å²) in [6.45, 7) is 3.66. The molecule has 118 valence electrons. The van der Waals surface area contributed by atoms with Crippen molar-refractivity contribution >= 4 is 0 Å². The van der Waals surface area contributed by atoms with Crippen molar-refractivity contribution in [1.29, 1.82) is 0 Å². The summed E-state index contributed by atoms with van der Waals surface area (Å²) < 4.78 is 5.89. The molecule has 1 aliphatic carbocycles. The number of aromatic hydroxyl groups is 2. The quantitative estimate of drug-likeness (QED) is 0.673. The highest BCUT2D eigenvalue weighted by Gasteiger charge is 2.13. The Morgan fingerprint density at radius 2 is 2.00 bits per heavy atom. The van der Waals surface area contributed by atoms with Gasteiger partial charge in [0.1, 0.15) is 11.5 Å².